The number of hydrogen-bond acceptors (Lipinski definition) is 7. The average molecular weight is 431 g/mol. The molecule has 0 unspecified atom stereocenters. The Bertz CT molecular complexity index is 1590. The normalized spacial score (nSPS) is 19.8. The van der Waals surface area contributed by atoms with Crippen molar-refractivity contribution in [3.8, 4) is 34.7 Å². The van der Waals surface area contributed by atoms with E-state index in [0.717, 1.165) is 33.4 Å². The van der Waals surface area contributed by atoms with E-state index in [-0.39, 0.29) is 12.3 Å². The zero-order chi connectivity index (χ0) is 22.4. The van der Waals surface area contributed by atoms with Gasteiger partial charge in [0.1, 0.15) is 5.69 Å². The fourth-order valence-corrected chi connectivity index (χ4v) is 4.66. The van der Waals surface area contributed by atoms with Crippen LogP contribution >= 0.6 is 0 Å². The van der Waals surface area contributed by atoms with Crippen LogP contribution in [0.25, 0.3) is 39.1 Å². The van der Waals surface area contributed by atoms with Gasteiger partial charge in [0.25, 0.3) is 0 Å². The van der Waals surface area contributed by atoms with Crippen molar-refractivity contribution in [3.05, 3.63) is 61.2 Å². The van der Waals surface area contributed by atoms with Crippen LogP contribution in [0.1, 0.15) is 19.3 Å². The zero-order valence-corrected chi connectivity index (χ0v) is 17.5. The van der Waals surface area contributed by atoms with Crippen molar-refractivity contribution >= 4 is 16.6 Å². The number of rotatable bonds is 4. The van der Waals surface area contributed by atoms with Crippen molar-refractivity contribution in [3.63, 3.8) is 0 Å². The molecular weight excluding hydrogens is 414 g/mol. The SMILES string of the molecule is N#CCC1(n2ncc(-c3cc(-c4cnc5cccnn45)cc4ncccc34)n2)CC(C#N)C1. The minimum atomic E-state index is -0.523. The summed E-state index contributed by atoms with van der Waals surface area (Å²) in [6, 6.07) is 16.3. The summed E-state index contributed by atoms with van der Waals surface area (Å²) in [5, 5.41) is 33.3. The monoisotopic (exact) mass is 431 g/mol. The Morgan fingerprint density at radius 2 is 1.91 bits per heavy atom. The minimum absolute atomic E-state index is 0.0659. The first-order chi connectivity index (χ1) is 16.2. The molecule has 9 heteroatoms. The van der Waals surface area contributed by atoms with E-state index >= 15 is 0 Å². The van der Waals surface area contributed by atoms with Crippen LogP contribution < -0.4 is 0 Å². The topological polar surface area (TPSA) is 121 Å². The summed E-state index contributed by atoms with van der Waals surface area (Å²) in [6.07, 6.45) is 8.45. The van der Waals surface area contributed by atoms with Gasteiger partial charge in [-0.05, 0) is 43.2 Å². The van der Waals surface area contributed by atoms with Gasteiger partial charge in [-0.2, -0.15) is 30.6 Å². The summed E-state index contributed by atoms with van der Waals surface area (Å²) in [7, 11) is 0. The molecule has 33 heavy (non-hydrogen) atoms. The fraction of sp³-hybridized carbons (Fsp3) is 0.208. The highest BCUT2D eigenvalue weighted by Gasteiger charge is 2.48. The summed E-state index contributed by atoms with van der Waals surface area (Å²) in [6.45, 7) is 0. The lowest BCUT2D eigenvalue weighted by atomic mass is 9.68. The second-order valence-electron chi connectivity index (χ2n) is 8.34. The minimum Gasteiger partial charge on any atom is -0.256 e. The molecule has 1 fully saturated rings. The Morgan fingerprint density at radius 1 is 1.03 bits per heavy atom. The molecule has 4 heterocycles. The van der Waals surface area contributed by atoms with Gasteiger partial charge in [0.15, 0.2) is 5.65 Å². The predicted octanol–water partition coefficient (Wildman–Crippen LogP) is 3.75. The molecule has 1 saturated carbocycles. The molecule has 0 spiro atoms. The van der Waals surface area contributed by atoms with E-state index in [1.54, 1.807) is 34.1 Å². The third-order valence-corrected chi connectivity index (χ3v) is 6.33. The third-order valence-electron chi connectivity index (χ3n) is 6.33. The summed E-state index contributed by atoms with van der Waals surface area (Å²) >= 11 is 0. The van der Waals surface area contributed by atoms with Crippen molar-refractivity contribution in [1.82, 2.24) is 34.6 Å². The van der Waals surface area contributed by atoms with E-state index in [0.29, 0.717) is 18.5 Å². The summed E-state index contributed by atoms with van der Waals surface area (Å²) in [4.78, 5) is 10.7. The maximum Gasteiger partial charge on any atom is 0.154 e. The van der Waals surface area contributed by atoms with Crippen LogP contribution in [0.3, 0.4) is 0 Å². The van der Waals surface area contributed by atoms with Gasteiger partial charge < -0.3 is 0 Å². The fourth-order valence-electron chi connectivity index (χ4n) is 4.66. The lowest BCUT2D eigenvalue weighted by Crippen LogP contribution is -2.47. The van der Waals surface area contributed by atoms with Crippen molar-refractivity contribution < 1.29 is 0 Å². The molecule has 6 rings (SSSR count). The maximum absolute atomic E-state index is 9.36. The number of aromatic nitrogens is 7. The standard InChI is InChI=1S/C24H17N9/c25-6-5-24(11-16(12-24)13-26)33-30-14-21(31-33)19-9-17(10-20-18(19)3-1-7-27-20)22-15-28-23-4-2-8-29-32(22)23/h1-4,7-10,14-16H,5,11-12H2. The van der Waals surface area contributed by atoms with Crippen molar-refractivity contribution in [2.24, 2.45) is 5.92 Å². The smallest absolute Gasteiger partial charge is 0.154 e. The van der Waals surface area contributed by atoms with Gasteiger partial charge in [-0.1, -0.05) is 6.07 Å². The van der Waals surface area contributed by atoms with Crippen LogP contribution in [-0.4, -0.2) is 34.6 Å². The lowest BCUT2D eigenvalue weighted by Gasteiger charge is -2.42. The molecule has 5 aromatic rings. The van der Waals surface area contributed by atoms with Gasteiger partial charge in [-0.3, -0.25) is 4.98 Å². The van der Waals surface area contributed by atoms with E-state index in [2.05, 4.69) is 32.3 Å². The summed E-state index contributed by atoms with van der Waals surface area (Å²) in [5.41, 5.74) is 4.40. The van der Waals surface area contributed by atoms with E-state index < -0.39 is 5.54 Å². The van der Waals surface area contributed by atoms with Gasteiger partial charge in [-0.15, -0.1) is 0 Å². The second-order valence-corrected chi connectivity index (χ2v) is 8.34. The van der Waals surface area contributed by atoms with Crippen LogP contribution in [0.4, 0.5) is 0 Å². The van der Waals surface area contributed by atoms with Crippen LogP contribution in [0, 0.1) is 28.6 Å². The molecule has 0 amide bonds. The molecule has 0 bridgehead atoms. The molecule has 4 aromatic heterocycles. The number of imidazole rings is 1. The Kier molecular flexibility index (Phi) is 4.17. The van der Waals surface area contributed by atoms with Crippen LogP contribution in [0.5, 0.6) is 0 Å². The first-order valence-electron chi connectivity index (χ1n) is 10.6. The molecule has 158 valence electrons. The van der Waals surface area contributed by atoms with E-state index in [1.165, 1.54) is 0 Å². The number of pyridine rings is 1. The highest BCUT2D eigenvalue weighted by molar-refractivity contribution is 5.97. The summed E-state index contributed by atoms with van der Waals surface area (Å²) < 4.78 is 1.79. The van der Waals surface area contributed by atoms with E-state index in [4.69, 9.17) is 5.10 Å². The van der Waals surface area contributed by atoms with Crippen molar-refractivity contribution in [2.75, 3.05) is 0 Å². The number of nitriles is 2. The Balaban J connectivity index is 1.50. The molecule has 1 aromatic carbocycles. The van der Waals surface area contributed by atoms with Crippen molar-refractivity contribution in [1.29, 1.82) is 10.5 Å². The first kappa shape index (κ1) is 19.1. The summed E-state index contributed by atoms with van der Waals surface area (Å²) in [5.74, 6) is -0.0659. The number of hydrogen-bond donors (Lipinski definition) is 0. The van der Waals surface area contributed by atoms with Gasteiger partial charge in [0.05, 0.1) is 53.6 Å². The Labute approximate surface area is 188 Å². The Hall–Kier alpha value is -4.63. The van der Waals surface area contributed by atoms with Crippen LogP contribution in [0.2, 0.25) is 0 Å². The largest absolute Gasteiger partial charge is 0.256 e. The molecule has 0 atom stereocenters. The van der Waals surface area contributed by atoms with E-state index in [9.17, 15) is 10.5 Å². The van der Waals surface area contributed by atoms with E-state index in [1.807, 2.05) is 36.4 Å². The molecule has 9 nitrogen and oxygen atoms in total. The third kappa shape index (κ3) is 2.94. The molecule has 1 aliphatic rings. The van der Waals surface area contributed by atoms with Crippen LogP contribution in [0.15, 0.2) is 61.2 Å². The molecule has 0 radical (unpaired) electrons. The highest BCUT2D eigenvalue weighted by Crippen LogP contribution is 2.45. The molecule has 0 saturated heterocycles. The van der Waals surface area contributed by atoms with Gasteiger partial charge >= 0.3 is 0 Å². The zero-order valence-electron chi connectivity index (χ0n) is 17.5. The first-order valence-corrected chi connectivity index (χ1v) is 10.6. The second kappa shape index (κ2) is 7.21. The molecule has 1 aliphatic carbocycles. The predicted molar refractivity (Wildman–Crippen MR) is 119 cm³/mol. The molecular formula is C24H17N9. The maximum atomic E-state index is 9.36. The number of nitrogens with zero attached hydrogens (tertiary/aromatic N) is 9. The van der Waals surface area contributed by atoms with Crippen molar-refractivity contribution in [2.45, 2.75) is 24.8 Å². The highest BCUT2D eigenvalue weighted by atomic mass is 15.5. The Morgan fingerprint density at radius 3 is 2.76 bits per heavy atom. The average Bonchev–Trinajstić information content (AvgIpc) is 3.48. The molecule has 0 N–H and O–H groups in total. The van der Waals surface area contributed by atoms with Gasteiger partial charge in [0, 0.05) is 28.9 Å². The molecule has 0 aliphatic heterocycles. The lowest BCUT2D eigenvalue weighted by molar-refractivity contribution is 0.0713. The van der Waals surface area contributed by atoms with Gasteiger partial charge in [0.2, 0.25) is 0 Å². The number of benzene rings is 1. The van der Waals surface area contributed by atoms with Gasteiger partial charge in [-0.25, -0.2) is 9.50 Å². The quantitative estimate of drug-likeness (QED) is 0.425. The van der Waals surface area contributed by atoms with Crippen LogP contribution in [-0.2, 0) is 5.54 Å². The number of fused-ring (bicyclic) bond motifs is 2.